The molecule has 130 valence electrons. The quantitative estimate of drug-likeness (QED) is 0.600. The van der Waals surface area contributed by atoms with E-state index < -0.39 is 0 Å². The van der Waals surface area contributed by atoms with Crippen LogP contribution in [0.2, 0.25) is 0 Å². The van der Waals surface area contributed by atoms with Gasteiger partial charge < -0.3 is 9.30 Å². The second-order valence-corrected chi connectivity index (χ2v) is 5.82. The molecule has 0 bridgehead atoms. The number of rotatable bonds is 5. The smallest absolute Gasteiger partial charge is 0.251 e. The van der Waals surface area contributed by atoms with Gasteiger partial charge in [-0.15, -0.1) is 10.2 Å². The molecule has 0 unspecified atom stereocenters. The van der Waals surface area contributed by atoms with Crippen LogP contribution < -0.4 is 10.1 Å². The van der Waals surface area contributed by atoms with Crippen LogP contribution in [-0.2, 0) is 11.3 Å². The predicted octanol–water partition coefficient (Wildman–Crippen LogP) is 3.02. The molecule has 2 heterocycles. The highest BCUT2D eigenvalue weighted by Crippen LogP contribution is 2.26. The Morgan fingerprint density at radius 1 is 1.08 bits per heavy atom. The van der Waals surface area contributed by atoms with Gasteiger partial charge in [-0.05, 0) is 18.2 Å². The van der Waals surface area contributed by atoms with E-state index in [0.717, 1.165) is 16.7 Å². The Morgan fingerprint density at radius 2 is 1.85 bits per heavy atom. The minimum absolute atomic E-state index is 0.193. The van der Waals surface area contributed by atoms with Gasteiger partial charge in [0.05, 0.1) is 12.1 Å². The van der Waals surface area contributed by atoms with Crippen molar-refractivity contribution < 1.29 is 9.53 Å². The molecule has 0 saturated carbocycles. The Balaban J connectivity index is 1.71. The summed E-state index contributed by atoms with van der Waals surface area (Å²) in [5, 5.41) is 11.8. The summed E-state index contributed by atoms with van der Waals surface area (Å²) in [4.78, 5) is 15.8. The lowest BCUT2D eigenvalue weighted by atomic mass is 10.2. The summed E-state index contributed by atoms with van der Waals surface area (Å²) in [5.74, 6) is 0.777. The second-order valence-electron chi connectivity index (χ2n) is 5.82. The summed E-state index contributed by atoms with van der Waals surface area (Å²) in [6.07, 6.45) is 0. The number of hydrogen-bond donors (Lipinski definition) is 1. The standard InChI is InChI=1S/C19H17N5O2/c1-13(25)20-19-21-18-17(22-23-19)15-9-5-6-10-16(15)24(18)11-12-26-14-7-3-2-4-8-14/h2-10H,11-12H2,1H3,(H,20,21,23,25). The average Bonchev–Trinajstić information content (AvgIpc) is 2.96. The van der Waals surface area contributed by atoms with E-state index in [1.54, 1.807) is 0 Å². The minimum Gasteiger partial charge on any atom is -0.492 e. The van der Waals surface area contributed by atoms with E-state index >= 15 is 0 Å². The molecule has 0 aliphatic rings. The highest BCUT2D eigenvalue weighted by Gasteiger charge is 2.15. The van der Waals surface area contributed by atoms with Crippen molar-refractivity contribution >= 4 is 33.9 Å². The first kappa shape index (κ1) is 16.0. The molecule has 2 aromatic heterocycles. The summed E-state index contributed by atoms with van der Waals surface area (Å²) in [7, 11) is 0. The van der Waals surface area contributed by atoms with E-state index in [9.17, 15) is 4.79 Å². The van der Waals surface area contributed by atoms with Crippen LogP contribution in [-0.4, -0.2) is 32.3 Å². The van der Waals surface area contributed by atoms with Gasteiger partial charge in [0, 0.05) is 12.3 Å². The highest BCUT2D eigenvalue weighted by molar-refractivity contribution is 6.04. The van der Waals surface area contributed by atoms with Crippen LogP contribution in [0.15, 0.2) is 54.6 Å². The number of aromatic nitrogens is 4. The van der Waals surface area contributed by atoms with Gasteiger partial charge >= 0.3 is 0 Å². The Labute approximate surface area is 149 Å². The molecule has 0 spiro atoms. The van der Waals surface area contributed by atoms with Gasteiger partial charge in [-0.25, -0.2) is 0 Å². The molecule has 7 heteroatoms. The molecule has 7 nitrogen and oxygen atoms in total. The summed E-state index contributed by atoms with van der Waals surface area (Å²) in [6, 6.07) is 17.6. The SMILES string of the molecule is CC(=O)Nc1nnc2c3ccccc3n(CCOc3ccccc3)c2n1. The fourth-order valence-electron chi connectivity index (χ4n) is 2.91. The number of fused-ring (bicyclic) bond motifs is 3. The van der Waals surface area contributed by atoms with E-state index in [-0.39, 0.29) is 11.9 Å². The van der Waals surface area contributed by atoms with Gasteiger partial charge in [-0.2, -0.15) is 4.98 Å². The molecular weight excluding hydrogens is 330 g/mol. The number of ether oxygens (including phenoxy) is 1. The van der Waals surface area contributed by atoms with E-state index in [4.69, 9.17) is 4.74 Å². The van der Waals surface area contributed by atoms with E-state index in [1.165, 1.54) is 6.92 Å². The zero-order valence-electron chi connectivity index (χ0n) is 14.2. The number of anilines is 1. The van der Waals surface area contributed by atoms with E-state index in [2.05, 4.69) is 20.5 Å². The maximum Gasteiger partial charge on any atom is 0.251 e. The Hall–Kier alpha value is -3.48. The summed E-state index contributed by atoms with van der Waals surface area (Å²) < 4.78 is 7.85. The maximum absolute atomic E-state index is 11.3. The van der Waals surface area contributed by atoms with Crippen molar-refractivity contribution in [1.82, 2.24) is 19.7 Å². The van der Waals surface area contributed by atoms with Crippen LogP contribution in [0.5, 0.6) is 5.75 Å². The fraction of sp³-hybridized carbons (Fsp3) is 0.158. The van der Waals surface area contributed by atoms with Gasteiger partial charge in [0.15, 0.2) is 5.65 Å². The van der Waals surface area contributed by atoms with Crippen LogP contribution in [0.1, 0.15) is 6.92 Å². The predicted molar refractivity (Wildman–Crippen MR) is 99.1 cm³/mol. The number of para-hydroxylation sites is 2. The number of carbonyl (C=O) groups is 1. The van der Waals surface area contributed by atoms with Crippen LogP contribution in [0, 0.1) is 0 Å². The minimum atomic E-state index is -0.235. The van der Waals surface area contributed by atoms with Crippen LogP contribution in [0.4, 0.5) is 5.95 Å². The monoisotopic (exact) mass is 347 g/mol. The van der Waals surface area contributed by atoms with E-state index in [0.29, 0.717) is 24.3 Å². The maximum atomic E-state index is 11.3. The third-order valence-electron chi connectivity index (χ3n) is 3.99. The molecule has 0 atom stereocenters. The molecule has 4 rings (SSSR count). The van der Waals surface area contributed by atoms with Gasteiger partial charge in [-0.1, -0.05) is 36.4 Å². The van der Waals surface area contributed by atoms with E-state index in [1.807, 2.05) is 59.2 Å². The molecule has 1 amide bonds. The molecule has 0 aliphatic carbocycles. The van der Waals surface area contributed by atoms with Crippen LogP contribution in [0.25, 0.3) is 22.1 Å². The van der Waals surface area contributed by atoms with Gasteiger partial charge in [0.25, 0.3) is 5.95 Å². The van der Waals surface area contributed by atoms with Gasteiger partial charge in [-0.3, -0.25) is 10.1 Å². The number of carbonyl (C=O) groups excluding carboxylic acids is 1. The molecule has 0 aliphatic heterocycles. The number of benzene rings is 2. The Bertz CT molecular complexity index is 1080. The zero-order valence-corrected chi connectivity index (χ0v) is 14.2. The lowest BCUT2D eigenvalue weighted by Gasteiger charge is -2.09. The first-order chi connectivity index (χ1) is 12.7. The number of nitrogens with one attached hydrogen (secondary N) is 1. The van der Waals surface area contributed by atoms with Crippen molar-refractivity contribution in [2.24, 2.45) is 0 Å². The average molecular weight is 347 g/mol. The van der Waals surface area contributed by atoms with Gasteiger partial charge in [0.2, 0.25) is 5.91 Å². The van der Waals surface area contributed by atoms with Crippen molar-refractivity contribution in [3.63, 3.8) is 0 Å². The molecule has 2 aromatic carbocycles. The summed E-state index contributed by atoms with van der Waals surface area (Å²) >= 11 is 0. The molecule has 26 heavy (non-hydrogen) atoms. The number of amides is 1. The Kier molecular flexibility index (Phi) is 4.18. The molecule has 1 N–H and O–H groups in total. The zero-order chi connectivity index (χ0) is 17.9. The van der Waals surface area contributed by atoms with Gasteiger partial charge in [0.1, 0.15) is 17.9 Å². The molecular formula is C19H17N5O2. The normalized spacial score (nSPS) is 11.0. The first-order valence-electron chi connectivity index (χ1n) is 8.29. The first-order valence-corrected chi connectivity index (χ1v) is 8.29. The fourth-order valence-corrected chi connectivity index (χ4v) is 2.91. The Morgan fingerprint density at radius 3 is 2.65 bits per heavy atom. The highest BCUT2D eigenvalue weighted by atomic mass is 16.5. The second kappa shape index (κ2) is 6.79. The van der Waals surface area contributed by atoms with Crippen molar-refractivity contribution in [2.45, 2.75) is 13.5 Å². The molecule has 0 fully saturated rings. The number of hydrogen-bond acceptors (Lipinski definition) is 5. The largest absolute Gasteiger partial charge is 0.492 e. The topological polar surface area (TPSA) is 81.9 Å². The third kappa shape index (κ3) is 3.06. The summed E-state index contributed by atoms with van der Waals surface area (Å²) in [5.41, 5.74) is 2.37. The molecule has 4 aromatic rings. The van der Waals surface area contributed by atoms with Crippen molar-refractivity contribution in [3.8, 4) is 5.75 Å². The molecule has 0 saturated heterocycles. The van der Waals surface area contributed by atoms with Crippen LogP contribution >= 0.6 is 0 Å². The lowest BCUT2D eigenvalue weighted by molar-refractivity contribution is -0.114. The lowest BCUT2D eigenvalue weighted by Crippen LogP contribution is -2.12. The van der Waals surface area contributed by atoms with Crippen molar-refractivity contribution in [3.05, 3.63) is 54.6 Å². The third-order valence-corrected chi connectivity index (χ3v) is 3.99. The summed E-state index contributed by atoms with van der Waals surface area (Å²) in [6.45, 7) is 2.49. The number of nitrogens with zero attached hydrogens (tertiary/aromatic N) is 4. The van der Waals surface area contributed by atoms with Crippen molar-refractivity contribution in [2.75, 3.05) is 11.9 Å². The molecule has 0 radical (unpaired) electrons. The van der Waals surface area contributed by atoms with Crippen LogP contribution in [0.3, 0.4) is 0 Å². The van der Waals surface area contributed by atoms with Crippen molar-refractivity contribution in [1.29, 1.82) is 0 Å².